The number of nitrogens with zero attached hydrogens (tertiary/aromatic N) is 1. The van der Waals surface area contributed by atoms with Crippen molar-refractivity contribution in [3.8, 4) is 0 Å². The minimum atomic E-state index is -0.997. The van der Waals surface area contributed by atoms with Gasteiger partial charge in [-0.15, -0.1) is 0 Å². The fourth-order valence-electron chi connectivity index (χ4n) is 2.90. The standard InChI is InChI=1S/C12H19NO4/c1-7(2)6-17-11(14)10-8-3-4-9(5-8)13(10)12(15)16/h7-10H,3-6H2,1-2H3,(H,15,16)/t8-,9+,10-/m0/s1. The van der Waals surface area contributed by atoms with E-state index in [1.54, 1.807) is 0 Å². The van der Waals surface area contributed by atoms with Gasteiger partial charge in [0.15, 0.2) is 0 Å². The van der Waals surface area contributed by atoms with Gasteiger partial charge >= 0.3 is 12.1 Å². The van der Waals surface area contributed by atoms with E-state index < -0.39 is 12.1 Å². The Bertz CT molecular complexity index is 328. The van der Waals surface area contributed by atoms with Crippen molar-refractivity contribution < 1.29 is 19.4 Å². The topological polar surface area (TPSA) is 66.8 Å². The van der Waals surface area contributed by atoms with E-state index >= 15 is 0 Å². The molecule has 0 radical (unpaired) electrons. The number of ether oxygens (including phenoxy) is 1. The van der Waals surface area contributed by atoms with Gasteiger partial charge < -0.3 is 9.84 Å². The third kappa shape index (κ3) is 2.23. The molecule has 2 aliphatic rings. The smallest absolute Gasteiger partial charge is 0.408 e. The third-order valence-corrected chi connectivity index (χ3v) is 3.61. The van der Waals surface area contributed by atoms with Gasteiger partial charge in [-0.05, 0) is 31.1 Å². The van der Waals surface area contributed by atoms with Crippen molar-refractivity contribution in [2.45, 2.75) is 45.2 Å². The Balaban J connectivity index is 2.03. The minimum Gasteiger partial charge on any atom is -0.465 e. The zero-order valence-electron chi connectivity index (χ0n) is 10.3. The maximum Gasteiger partial charge on any atom is 0.408 e. The largest absolute Gasteiger partial charge is 0.465 e. The summed E-state index contributed by atoms with van der Waals surface area (Å²) in [7, 11) is 0. The number of carbonyl (C=O) groups excluding carboxylic acids is 1. The van der Waals surface area contributed by atoms with Gasteiger partial charge in [-0.3, -0.25) is 4.90 Å². The normalized spacial score (nSPS) is 31.0. The summed E-state index contributed by atoms with van der Waals surface area (Å²) in [5.41, 5.74) is 0. The van der Waals surface area contributed by atoms with E-state index in [1.165, 1.54) is 4.90 Å². The van der Waals surface area contributed by atoms with Crippen LogP contribution in [0.1, 0.15) is 33.1 Å². The summed E-state index contributed by atoms with van der Waals surface area (Å²) >= 11 is 0. The first-order valence-electron chi connectivity index (χ1n) is 6.18. The number of piperidine rings is 1. The number of hydrogen-bond acceptors (Lipinski definition) is 3. The quantitative estimate of drug-likeness (QED) is 0.764. The monoisotopic (exact) mass is 241 g/mol. The van der Waals surface area contributed by atoms with E-state index in [9.17, 15) is 9.59 Å². The molecule has 5 heteroatoms. The number of esters is 1. The summed E-state index contributed by atoms with van der Waals surface area (Å²) in [5.74, 6) is 0.0693. The van der Waals surface area contributed by atoms with Crippen LogP contribution in [-0.4, -0.2) is 40.8 Å². The minimum absolute atomic E-state index is 0.0223. The lowest BCUT2D eigenvalue weighted by Gasteiger charge is -2.31. The highest BCUT2D eigenvalue weighted by Crippen LogP contribution is 2.42. The number of likely N-dealkylation sites (tertiary alicyclic amines) is 1. The molecule has 1 aliphatic heterocycles. The Labute approximate surface area is 101 Å². The van der Waals surface area contributed by atoms with Gasteiger partial charge in [0.1, 0.15) is 6.04 Å². The molecular formula is C12H19NO4. The van der Waals surface area contributed by atoms with Crippen LogP contribution in [0.5, 0.6) is 0 Å². The summed E-state index contributed by atoms with van der Waals surface area (Å²) in [5, 5.41) is 9.15. The zero-order valence-corrected chi connectivity index (χ0v) is 10.3. The Kier molecular flexibility index (Phi) is 3.26. The summed E-state index contributed by atoms with van der Waals surface area (Å²) < 4.78 is 5.18. The molecule has 1 N–H and O–H groups in total. The van der Waals surface area contributed by atoms with Crippen LogP contribution in [0, 0.1) is 11.8 Å². The Morgan fingerprint density at radius 1 is 1.41 bits per heavy atom. The SMILES string of the molecule is CC(C)COC(=O)[C@@H]1[C@H]2CC[C@H](C2)N1C(=O)O. The van der Waals surface area contributed by atoms with E-state index in [4.69, 9.17) is 9.84 Å². The van der Waals surface area contributed by atoms with Crippen molar-refractivity contribution >= 4 is 12.1 Å². The van der Waals surface area contributed by atoms with Crippen LogP contribution >= 0.6 is 0 Å². The van der Waals surface area contributed by atoms with E-state index in [0.29, 0.717) is 6.61 Å². The third-order valence-electron chi connectivity index (χ3n) is 3.61. The first-order valence-corrected chi connectivity index (χ1v) is 6.18. The van der Waals surface area contributed by atoms with Crippen molar-refractivity contribution in [2.24, 2.45) is 11.8 Å². The van der Waals surface area contributed by atoms with Gasteiger partial charge in [0.25, 0.3) is 0 Å². The van der Waals surface area contributed by atoms with Crippen molar-refractivity contribution in [3.63, 3.8) is 0 Å². The van der Waals surface area contributed by atoms with Crippen LogP contribution in [0.3, 0.4) is 0 Å². The summed E-state index contributed by atoms with van der Waals surface area (Å²) in [4.78, 5) is 24.4. The lowest BCUT2D eigenvalue weighted by Crippen LogP contribution is -2.49. The number of amides is 1. The van der Waals surface area contributed by atoms with Gasteiger partial charge in [0, 0.05) is 6.04 Å². The number of rotatable bonds is 3. The molecule has 1 heterocycles. The van der Waals surface area contributed by atoms with Gasteiger partial charge in [0.05, 0.1) is 6.61 Å². The van der Waals surface area contributed by atoms with Gasteiger partial charge in [-0.25, -0.2) is 9.59 Å². The first kappa shape index (κ1) is 12.2. The van der Waals surface area contributed by atoms with Crippen molar-refractivity contribution in [3.05, 3.63) is 0 Å². The Morgan fingerprint density at radius 2 is 2.12 bits per heavy atom. The molecule has 0 aromatic rings. The fraction of sp³-hybridized carbons (Fsp3) is 0.833. The molecule has 0 unspecified atom stereocenters. The van der Waals surface area contributed by atoms with E-state index in [2.05, 4.69) is 0 Å². The molecule has 3 atom stereocenters. The van der Waals surface area contributed by atoms with Crippen LogP contribution in [0.25, 0.3) is 0 Å². The van der Waals surface area contributed by atoms with Crippen LogP contribution < -0.4 is 0 Å². The average molecular weight is 241 g/mol. The predicted molar refractivity (Wildman–Crippen MR) is 60.6 cm³/mol. The van der Waals surface area contributed by atoms with Crippen LogP contribution in [0.2, 0.25) is 0 Å². The van der Waals surface area contributed by atoms with Gasteiger partial charge in [-0.1, -0.05) is 13.8 Å². The Hall–Kier alpha value is -1.26. The molecule has 5 nitrogen and oxygen atoms in total. The zero-order chi connectivity index (χ0) is 12.6. The first-order chi connectivity index (χ1) is 8.00. The van der Waals surface area contributed by atoms with Gasteiger partial charge in [0.2, 0.25) is 0 Å². The molecule has 17 heavy (non-hydrogen) atoms. The number of carbonyl (C=O) groups is 2. The summed E-state index contributed by atoms with van der Waals surface area (Å²) in [6.45, 7) is 4.28. The van der Waals surface area contributed by atoms with Crippen LogP contribution in [0.15, 0.2) is 0 Å². The molecule has 2 fully saturated rings. The molecule has 1 saturated heterocycles. The van der Waals surface area contributed by atoms with Crippen molar-refractivity contribution in [2.75, 3.05) is 6.61 Å². The molecular weight excluding hydrogens is 222 g/mol. The van der Waals surface area contributed by atoms with Crippen LogP contribution in [-0.2, 0) is 9.53 Å². The van der Waals surface area contributed by atoms with E-state index in [-0.39, 0.29) is 23.8 Å². The van der Waals surface area contributed by atoms with Crippen LogP contribution in [0.4, 0.5) is 4.79 Å². The Morgan fingerprint density at radius 3 is 2.71 bits per heavy atom. The molecule has 2 rings (SSSR count). The molecule has 0 spiro atoms. The van der Waals surface area contributed by atoms with Gasteiger partial charge in [-0.2, -0.15) is 0 Å². The lowest BCUT2D eigenvalue weighted by atomic mass is 9.99. The molecule has 1 amide bonds. The summed E-state index contributed by atoms with van der Waals surface area (Å²) in [6, 6.07) is -0.543. The lowest BCUT2D eigenvalue weighted by molar-refractivity contribution is -0.152. The maximum absolute atomic E-state index is 11.9. The highest BCUT2D eigenvalue weighted by atomic mass is 16.5. The number of fused-ring (bicyclic) bond motifs is 2. The molecule has 1 saturated carbocycles. The van der Waals surface area contributed by atoms with E-state index in [1.807, 2.05) is 13.8 Å². The fourth-order valence-corrected chi connectivity index (χ4v) is 2.90. The number of hydrogen-bond donors (Lipinski definition) is 1. The highest BCUT2D eigenvalue weighted by molar-refractivity contribution is 5.82. The predicted octanol–water partition coefficient (Wildman–Crippen LogP) is 1.72. The second kappa shape index (κ2) is 4.55. The maximum atomic E-state index is 11.9. The average Bonchev–Trinajstić information content (AvgIpc) is 2.84. The molecule has 2 bridgehead atoms. The van der Waals surface area contributed by atoms with Crippen molar-refractivity contribution in [1.82, 2.24) is 4.90 Å². The molecule has 96 valence electrons. The molecule has 0 aromatic heterocycles. The number of carboxylic acid groups (broad SMARTS) is 1. The molecule has 0 aromatic carbocycles. The van der Waals surface area contributed by atoms with E-state index in [0.717, 1.165) is 19.3 Å². The van der Waals surface area contributed by atoms with Crippen molar-refractivity contribution in [1.29, 1.82) is 0 Å². The molecule has 1 aliphatic carbocycles. The highest BCUT2D eigenvalue weighted by Gasteiger charge is 2.52. The summed E-state index contributed by atoms with van der Waals surface area (Å²) in [6.07, 6.45) is 1.64. The second-order valence-corrected chi connectivity index (χ2v) is 5.39. The second-order valence-electron chi connectivity index (χ2n) is 5.39.